The molecule has 0 saturated carbocycles. The summed E-state index contributed by atoms with van der Waals surface area (Å²) in [6.07, 6.45) is 5.07. The second-order valence-corrected chi connectivity index (χ2v) is 6.92. The number of anilines is 1. The smallest absolute Gasteiger partial charge is 0.322 e. The molecule has 1 aliphatic heterocycles. The van der Waals surface area contributed by atoms with Crippen LogP contribution >= 0.6 is 0 Å². The Morgan fingerprint density at radius 2 is 2.00 bits per heavy atom. The van der Waals surface area contributed by atoms with Crippen LogP contribution in [-0.4, -0.2) is 67.0 Å². The molecule has 2 aromatic heterocycles. The van der Waals surface area contributed by atoms with Crippen molar-refractivity contribution in [2.24, 2.45) is 0 Å². The van der Waals surface area contributed by atoms with Gasteiger partial charge in [-0.3, -0.25) is 14.7 Å². The molecule has 0 spiro atoms. The van der Waals surface area contributed by atoms with E-state index in [1.165, 1.54) is 11.9 Å². The predicted octanol–water partition coefficient (Wildman–Crippen LogP) is 1.96. The molecule has 1 aliphatic rings. The van der Waals surface area contributed by atoms with Crippen LogP contribution in [0, 0.1) is 0 Å². The fourth-order valence-corrected chi connectivity index (χ4v) is 3.33. The summed E-state index contributed by atoms with van der Waals surface area (Å²) < 4.78 is 1.86. The van der Waals surface area contributed by atoms with Crippen molar-refractivity contribution in [2.75, 3.05) is 31.5 Å². The maximum atomic E-state index is 12.6. The summed E-state index contributed by atoms with van der Waals surface area (Å²) in [5.41, 5.74) is 1.88. The highest BCUT2D eigenvalue weighted by atomic mass is 16.2. The van der Waals surface area contributed by atoms with Gasteiger partial charge in [0, 0.05) is 32.4 Å². The van der Waals surface area contributed by atoms with Crippen molar-refractivity contribution in [1.29, 1.82) is 0 Å². The Morgan fingerprint density at radius 1 is 1.21 bits per heavy atom. The summed E-state index contributed by atoms with van der Waals surface area (Å²) in [7, 11) is 0. The van der Waals surface area contributed by atoms with E-state index in [9.17, 15) is 4.79 Å². The molecule has 3 heterocycles. The van der Waals surface area contributed by atoms with Crippen molar-refractivity contribution >= 4 is 11.7 Å². The molecule has 2 amide bonds. The molecule has 3 aromatic rings. The van der Waals surface area contributed by atoms with Crippen molar-refractivity contribution in [1.82, 2.24) is 34.8 Å². The van der Waals surface area contributed by atoms with Gasteiger partial charge in [-0.15, -0.1) is 0 Å². The lowest BCUT2D eigenvalue weighted by Gasteiger charge is -2.34. The van der Waals surface area contributed by atoms with E-state index < -0.39 is 0 Å². The van der Waals surface area contributed by atoms with Crippen LogP contribution in [0.2, 0.25) is 0 Å². The Balaban J connectivity index is 1.29. The Kier molecular flexibility index (Phi) is 5.34. The number of amides is 2. The number of urea groups is 1. The van der Waals surface area contributed by atoms with E-state index in [1.54, 1.807) is 6.20 Å². The quantitative estimate of drug-likeness (QED) is 0.706. The zero-order valence-corrected chi connectivity index (χ0v) is 15.8. The third-order valence-electron chi connectivity index (χ3n) is 5.03. The highest BCUT2D eigenvalue weighted by Gasteiger charge is 2.22. The first kappa shape index (κ1) is 18.2. The third kappa shape index (κ3) is 4.20. The number of carbonyl (C=O) groups excluding carboxylic acids is 1. The average Bonchev–Trinajstić information content (AvgIpc) is 3.41. The normalized spacial score (nSPS) is 16.1. The van der Waals surface area contributed by atoms with Crippen molar-refractivity contribution in [2.45, 2.75) is 19.5 Å². The van der Waals surface area contributed by atoms with E-state index in [-0.39, 0.29) is 12.1 Å². The van der Waals surface area contributed by atoms with Gasteiger partial charge >= 0.3 is 6.03 Å². The molecule has 0 radical (unpaired) electrons. The first-order valence-corrected chi connectivity index (χ1v) is 9.40. The number of rotatable bonds is 5. The van der Waals surface area contributed by atoms with E-state index in [2.05, 4.69) is 49.6 Å². The van der Waals surface area contributed by atoms with Crippen LogP contribution in [0.25, 0.3) is 0 Å². The second-order valence-electron chi connectivity index (χ2n) is 6.92. The van der Waals surface area contributed by atoms with Crippen LogP contribution in [0.3, 0.4) is 0 Å². The first-order valence-electron chi connectivity index (χ1n) is 9.40. The number of piperazine rings is 1. The van der Waals surface area contributed by atoms with E-state index in [1.807, 2.05) is 34.0 Å². The van der Waals surface area contributed by atoms with Crippen LogP contribution in [0.15, 0.2) is 49.1 Å². The highest BCUT2D eigenvalue weighted by Crippen LogP contribution is 2.19. The molecule has 0 bridgehead atoms. The fourth-order valence-electron chi connectivity index (χ4n) is 3.33. The minimum Gasteiger partial charge on any atom is -0.322 e. The number of carbonyl (C=O) groups is 1. The van der Waals surface area contributed by atoms with Gasteiger partial charge < -0.3 is 10.2 Å². The molecule has 0 unspecified atom stereocenters. The minimum atomic E-state index is -0.0915. The van der Waals surface area contributed by atoms with Gasteiger partial charge in [-0.2, -0.15) is 10.2 Å². The molecular formula is C19H24N8O. The van der Waals surface area contributed by atoms with Gasteiger partial charge in [0.15, 0.2) is 0 Å². The number of H-pyrrole nitrogens is 1. The van der Waals surface area contributed by atoms with Crippen LogP contribution in [0.1, 0.15) is 24.4 Å². The van der Waals surface area contributed by atoms with E-state index in [0.29, 0.717) is 18.8 Å². The molecule has 4 rings (SSSR count). The molecular weight excluding hydrogens is 356 g/mol. The van der Waals surface area contributed by atoms with Gasteiger partial charge in [0.25, 0.3) is 0 Å². The molecule has 9 heteroatoms. The molecule has 1 fully saturated rings. The number of aromatic amines is 1. The lowest BCUT2D eigenvalue weighted by molar-refractivity contribution is 0.141. The predicted molar refractivity (Wildman–Crippen MR) is 105 cm³/mol. The Bertz CT molecular complexity index is 884. The Hall–Kier alpha value is -3.20. The number of hydrogen-bond acceptors (Lipinski definition) is 5. The van der Waals surface area contributed by atoms with Gasteiger partial charge in [0.2, 0.25) is 0 Å². The standard InChI is InChI=1S/C19H24N8O/c1-15(16-5-3-2-4-6-16)27-12-17(11-22-27)23-19(28)26-9-7-25(8-10-26)13-18-20-14-21-24-18/h2-6,11-12,14-15H,7-10,13H2,1H3,(H,23,28)(H,20,21,24)/t15-/m0/s1. The summed E-state index contributed by atoms with van der Waals surface area (Å²) in [5.74, 6) is 0.845. The van der Waals surface area contributed by atoms with Crippen molar-refractivity contribution in [3.63, 3.8) is 0 Å². The Morgan fingerprint density at radius 3 is 2.71 bits per heavy atom. The minimum absolute atomic E-state index is 0.0915. The first-order chi connectivity index (χ1) is 13.7. The lowest BCUT2D eigenvalue weighted by Crippen LogP contribution is -2.49. The summed E-state index contributed by atoms with van der Waals surface area (Å²) in [6, 6.07) is 10.2. The summed E-state index contributed by atoms with van der Waals surface area (Å²) in [4.78, 5) is 20.8. The summed E-state index contributed by atoms with van der Waals surface area (Å²) in [5, 5.41) is 14.1. The van der Waals surface area contributed by atoms with E-state index >= 15 is 0 Å². The maximum Gasteiger partial charge on any atom is 0.322 e. The topological polar surface area (TPSA) is 95.0 Å². The number of nitrogens with one attached hydrogen (secondary N) is 2. The lowest BCUT2D eigenvalue weighted by atomic mass is 10.1. The molecule has 2 N–H and O–H groups in total. The summed E-state index contributed by atoms with van der Waals surface area (Å²) >= 11 is 0. The third-order valence-corrected chi connectivity index (χ3v) is 5.03. The second kappa shape index (κ2) is 8.22. The van der Waals surface area contributed by atoms with Crippen molar-refractivity contribution in [3.05, 3.63) is 60.4 Å². The monoisotopic (exact) mass is 380 g/mol. The zero-order valence-electron chi connectivity index (χ0n) is 15.8. The number of nitrogens with zero attached hydrogens (tertiary/aromatic N) is 6. The van der Waals surface area contributed by atoms with Crippen LogP contribution in [-0.2, 0) is 6.54 Å². The van der Waals surface area contributed by atoms with Crippen LogP contribution in [0.4, 0.5) is 10.5 Å². The van der Waals surface area contributed by atoms with Gasteiger partial charge in [0.1, 0.15) is 12.2 Å². The molecule has 28 heavy (non-hydrogen) atoms. The number of benzene rings is 1. The van der Waals surface area contributed by atoms with Gasteiger partial charge in [0.05, 0.1) is 24.5 Å². The van der Waals surface area contributed by atoms with Gasteiger partial charge in [-0.05, 0) is 12.5 Å². The average molecular weight is 380 g/mol. The fraction of sp³-hybridized carbons (Fsp3) is 0.368. The van der Waals surface area contributed by atoms with Crippen molar-refractivity contribution in [3.8, 4) is 0 Å². The molecule has 0 aliphatic carbocycles. The highest BCUT2D eigenvalue weighted by molar-refractivity contribution is 5.89. The molecule has 1 atom stereocenters. The molecule has 146 valence electrons. The molecule has 1 aromatic carbocycles. The maximum absolute atomic E-state index is 12.6. The zero-order chi connectivity index (χ0) is 19.3. The number of hydrogen-bond donors (Lipinski definition) is 2. The van der Waals surface area contributed by atoms with E-state index in [4.69, 9.17) is 0 Å². The van der Waals surface area contributed by atoms with Crippen LogP contribution < -0.4 is 5.32 Å². The van der Waals surface area contributed by atoms with E-state index in [0.717, 1.165) is 25.5 Å². The van der Waals surface area contributed by atoms with Gasteiger partial charge in [-0.25, -0.2) is 9.78 Å². The van der Waals surface area contributed by atoms with Crippen LogP contribution in [0.5, 0.6) is 0 Å². The molecule has 1 saturated heterocycles. The van der Waals surface area contributed by atoms with Gasteiger partial charge in [-0.1, -0.05) is 30.3 Å². The largest absolute Gasteiger partial charge is 0.322 e. The molecule has 9 nitrogen and oxygen atoms in total. The van der Waals surface area contributed by atoms with Crippen molar-refractivity contribution < 1.29 is 4.79 Å². The number of aromatic nitrogens is 5. The Labute approximate surface area is 163 Å². The SMILES string of the molecule is C[C@@H](c1ccccc1)n1cc(NC(=O)N2CCN(Cc3ncn[nH]3)CC2)cn1. The summed E-state index contributed by atoms with van der Waals surface area (Å²) in [6.45, 7) is 5.77.